The Morgan fingerprint density at radius 1 is 1.26 bits per heavy atom. The van der Waals surface area contributed by atoms with Crippen LogP contribution in [0.5, 0.6) is 0 Å². The van der Waals surface area contributed by atoms with Crippen molar-refractivity contribution in [3.63, 3.8) is 0 Å². The molecule has 1 aliphatic rings. The maximum absolute atomic E-state index is 13.1. The molecule has 3 aromatic rings. The monoisotopic (exact) mass is 489 g/mol. The highest BCUT2D eigenvalue weighted by Crippen LogP contribution is 2.31. The number of carbonyl (C=O) groups excluding carboxylic acids is 2. The number of anilines is 1. The number of primary amides is 1. The highest BCUT2D eigenvalue weighted by molar-refractivity contribution is 6.33. The topological polar surface area (TPSA) is 114 Å². The van der Waals surface area contributed by atoms with Gasteiger partial charge in [0.1, 0.15) is 11.4 Å². The van der Waals surface area contributed by atoms with E-state index in [0.717, 1.165) is 31.2 Å². The number of nitrogens with two attached hydrogens (primary N) is 1. The van der Waals surface area contributed by atoms with Crippen LogP contribution in [0.2, 0.25) is 5.02 Å². The summed E-state index contributed by atoms with van der Waals surface area (Å²) in [5, 5.41) is 13.0. The molecule has 2 amide bonds. The molecule has 4 rings (SSSR count). The molecule has 182 valence electrons. The second-order valence-electron chi connectivity index (χ2n) is 8.14. The van der Waals surface area contributed by atoms with Crippen molar-refractivity contribution in [3.8, 4) is 0 Å². The SMILES string of the molecule is CCN(C(=O)C1CCCCC1)c1ccc(F)cc1Cl.NC(=O)c1cnn2cc(CCO)cnc12. The van der Waals surface area contributed by atoms with E-state index in [0.29, 0.717) is 34.9 Å². The van der Waals surface area contributed by atoms with Crippen molar-refractivity contribution >= 4 is 34.7 Å². The number of amides is 2. The van der Waals surface area contributed by atoms with Gasteiger partial charge in [0, 0.05) is 31.5 Å². The van der Waals surface area contributed by atoms with Gasteiger partial charge in [0.2, 0.25) is 5.91 Å². The first-order valence-corrected chi connectivity index (χ1v) is 11.7. The number of benzene rings is 1. The minimum Gasteiger partial charge on any atom is -0.396 e. The number of hydrogen-bond donors (Lipinski definition) is 2. The highest BCUT2D eigenvalue weighted by atomic mass is 35.5. The maximum atomic E-state index is 13.1. The van der Waals surface area contributed by atoms with Gasteiger partial charge < -0.3 is 15.7 Å². The molecule has 0 saturated heterocycles. The Hall–Kier alpha value is -3.04. The largest absolute Gasteiger partial charge is 0.396 e. The average Bonchev–Trinajstić information content (AvgIpc) is 3.26. The molecule has 8 nitrogen and oxygen atoms in total. The first-order chi connectivity index (χ1) is 16.3. The van der Waals surface area contributed by atoms with Crippen LogP contribution >= 0.6 is 11.6 Å². The molecule has 0 spiro atoms. The first-order valence-electron chi connectivity index (χ1n) is 11.3. The van der Waals surface area contributed by atoms with E-state index >= 15 is 0 Å². The van der Waals surface area contributed by atoms with E-state index in [9.17, 15) is 14.0 Å². The van der Waals surface area contributed by atoms with E-state index < -0.39 is 5.91 Å². The predicted octanol–water partition coefficient (Wildman–Crippen LogP) is 3.78. The summed E-state index contributed by atoms with van der Waals surface area (Å²) in [6.07, 6.45) is 10.6. The summed E-state index contributed by atoms with van der Waals surface area (Å²) in [5.74, 6) is -0.715. The van der Waals surface area contributed by atoms with Crippen LogP contribution in [0.1, 0.15) is 54.9 Å². The Labute approximate surface area is 202 Å². The fourth-order valence-corrected chi connectivity index (χ4v) is 4.33. The Balaban J connectivity index is 0.000000196. The van der Waals surface area contributed by atoms with Gasteiger partial charge in [0.25, 0.3) is 5.91 Å². The molecule has 3 N–H and O–H groups in total. The summed E-state index contributed by atoms with van der Waals surface area (Å²) in [4.78, 5) is 29.3. The van der Waals surface area contributed by atoms with Gasteiger partial charge in [-0.15, -0.1) is 0 Å². The van der Waals surface area contributed by atoms with E-state index in [-0.39, 0.29) is 24.2 Å². The third-order valence-electron chi connectivity index (χ3n) is 5.81. The van der Waals surface area contributed by atoms with Gasteiger partial charge in [-0.25, -0.2) is 13.9 Å². The number of aliphatic hydroxyl groups is 1. The van der Waals surface area contributed by atoms with Gasteiger partial charge in [-0.1, -0.05) is 30.9 Å². The fraction of sp³-hybridized carbons (Fsp3) is 0.417. The molecule has 1 aliphatic carbocycles. The van der Waals surface area contributed by atoms with E-state index in [1.807, 2.05) is 6.92 Å². The first kappa shape index (κ1) is 25.6. The number of fused-ring (bicyclic) bond motifs is 1. The summed E-state index contributed by atoms with van der Waals surface area (Å²) >= 11 is 6.05. The van der Waals surface area contributed by atoms with Crippen LogP contribution < -0.4 is 10.6 Å². The zero-order valence-corrected chi connectivity index (χ0v) is 19.8. The van der Waals surface area contributed by atoms with Crippen LogP contribution in [0.15, 0.2) is 36.8 Å². The number of aliphatic hydroxyl groups excluding tert-OH is 1. The van der Waals surface area contributed by atoms with Crippen LogP contribution in [-0.4, -0.2) is 44.7 Å². The van der Waals surface area contributed by atoms with E-state index in [1.165, 1.54) is 29.3 Å². The molecule has 0 unspecified atom stereocenters. The predicted molar refractivity (Wildman–Crippen MR) is 128 cm³/mol. The van der Waals surface area contributed by atoms with Gasteiger partial charge in [-0.2, -0.15) is 5.10 Å². The number of nitrogens with zero attached hydrogens (tertiary/aromatic N) is 4. The smallest absolute Gasteiger partial charge is 0.254 e. The molecule has 34 heavy (non-hydrogen) atoms. The van der Waals surface area contributed by atoms with Crippen molar-refractivity contribution in [1.82, 2.24) is 14.6 Å². The normalized spacial score (nSPS) is 13.9. The maximum Gasteiger partial charge on any atom is 0.254 e. The van der Waals surface area contributed by atoms with Crippen molar-refractivity contribution < 1.29 is 19.1 Å². The number of hydrogen-bond acceptors (Lipinski definition) is 5. The van der Waals surface area contributed by atoms with Crippen LogP contribution in [0.4, 0.5) is 10.1 Å². The Morgan fingerprint density at radius 2 is 2.00 bits per heavy atom. The van der Waals surface area contributed by atoms with Crippen LogP contribution in [-0.2, 0) is 11.2 Å². The number of aromatic nitrogens is 3. The summed E-state index contributed by atoms with van der Waals surface area (Å²) in [6, 6.07) is 4.19. The molecular formula is C24H29ClFN5O3. The second-order valence-corrected chi connectivity index (χ2v) is 8.55. The Kier molecular flexibility index (Phi) is 8.95. The lowest BCUT2D eigenvalue weighted by Gasteiger charge is -2.29. The summed E-state index contributed by atoms with van der Waals surface area (Å²) in [5.41, 5.74) is 7.34. The fourth-order valence-electron chi connectivity index (χ4n) is 4.06. The van der Waals surface area contributed by atoms with Crippen molar-refractivity contribution in [2.45, 2.75) is 45.4 Å². The van der Waals surface area contributed by atoms with E-state index in [1.54, 1.807) is 23.4 Å². The molecule has 0 radical (unpaired) electrons. The van der Waals surface area contributed by atoms with Crippen LogP contribution in [0, 0.1) is 11.7 Å². The van der Waals surface area contributed by atoms with Crippen molar-refractivity contribution in [3.05, 3.63) is 58.8 Å². The molecule has 1 fully saturated rings. The number of halogens is 2. The lowest BCUT2D eigenvalue weighted by molar-refractivity contribution is -0.123. The Morgan fingerprint density at radius 3 is 2.62 bits per heavy atom. The second kappa shape index (κ2) is 11.9. The minimum atomic E-state index is -0.549. The molecule has 0 bridgehead atoms. The highest BCUT2D eigenvalue weighted by Gasteiger charge is 2.27. The number of carbonyl (C=O) groups is 2. The standard InChI is InChI=1S/C15H19ClFNO.C9H10N4O2/c1-2-18(14-9-8-12(17)10-13(14)16)15(19)11-6-4-3-5-7-11;10-8(15)7-4-12-13-5-6(1-2-14)3-11-9(7)13/h8-11H,2-7H2,1H3;3-5,14H,1-2H2,(H2,10,15). The molecule has 2 heterocycles. The lowest BCUT2D eigenvalue weighted by Crippen LogP contribution is -2.37. The van der Waals surface area contributed by atoms with Crippen molar-refractivity contribution in [2.24, 2.45) is 11.7 Å². The zero-order chi connectivity index (χ0) is 24.7. The third-order valence-corrected chi connectivity index (χ3v) is 6.12. The van der Waals surface area contributed by atoms with Gasteiger partial charge in [0.15, 0.2) is 5.65 Å². The molecule has 1 saturated carbocycles. The minimum absolute atomic E-state index is 0.0527. The van der Waals surface area contributed by atoms with E-state index in [4.69, 9.17) is 22.4 Å². The molecule has 1 aromatic carbocycles. The van der Waals surface area contributed by atoms with Crippen LogP contribution in [0.25, 0.3) is 5.65 Å². The van der Waals surface area contributed by atoms with Crippen LogP contribution in [0.3, 0.4) is 0 Å². The quantitative estimate of drug-likeness (QED) is 0.547. The van der Waals surface area contributed by atoms with Gasteiger partial charge in [0.05, 0.1) is 16.9 Å². The van der Waals surface area contributed by atoms with Gasteiger partial charge in [-0.05, 0) is 49.9 Å². The van der Waals surface area contributed by atoms with Gasteiger partial charge >= 0.3 is 0 Å². The average molecular weight is 490 g/mol. The lowest BCUT2D eigenvalue weighted by atomic mass is 9.88. The third kappa shape index (κ3) is 6.09. The summed E-state index contributed by atoms with van der Waals surface area (Å²) in [6.45, 7) is 2.53. The Bertz CT molecular complexity index is 1150. The molecule has 10 heteroatoms. The van der Waals surface area contributed by atoms with E-state index in [2.05, 4.69) is 10.1 Å². The summed E-state index contributed by atoms with van der Waals surface area (Å²) < 4.78 is 14.6. The molecule has 0 aliphatic heterocycles. The van der Waals surface area contributed by atoms with Crippen molar-refractivity contribution in [2.75, 3.05) is 18.1 Å². The van der Waals surface area contributed by atoms with Gasteiger partial charge in [-0.3, -0.25) is 9.59 Å². The van der Waals surface area contributed by atoms with Crippen molar-refractivity contribution in [1.29, 1.82) is 0 Å². The zero-order valence-electron chi connectivity index (χ0n) is 19.1. The number of rotatable bonds is 6. The molecule has 0 atom stereocenters. The molecular weight excluding hydrogens is 461 g/mol. The molecule has 2 aromatic heterocycles. The summed E-state index contributed by atoms with van der Waals surface area (Å²) in [7, 11) is 0.